The maximum absolute atomic E-state index is 12.4. The molecule has 0 unspecified atom stereocenters. The van der Waals surface area contributed by atoms with Crippen molar-refractivity contribution in [3.8, 4) is 5.75 Å². The van der Waals surface area contributed by atoms with Crippen molar-refractivity contribution < 1.29 is 33.0 Å². The van der Waals surface area contributed by atoms with E-state index < -0.39 is 44.0 Å². The van der Waals surface area contributed by atoms with Crippen LogP contribution in [0.3, 0.4) is 0 Å². The fraction of sp³-hybridized carbons (Fsp3) is 0. The molecule has 2 aromatic carbocycles. The number of hydrogen-bond donors (Lipinski definition) is 3. The molecular formula is C15H9N2O7S-. The minimum absolute atomic E-state index is 0.00618. The summed E-state index contributed by atoms with van der Waals surface area (Å²) < 4.78 is 26.9. The Kier molecular flexibility index (Phi) is 3.68. The minimum atomic E-state index is -4.20. The van der Waals surface area contributed by atoms with E-state index in [4.69, 9.17) is 5.11 Å². The van der Waals surface area contributed by atoms with Gasteiger partial charge in [-0.2, -0.15) is 0 Å². The molecule has 0 radical (unpaired) electrons. The summed E-state index contributed by atoms with van der Waals surface area (Å²) in [6.07, 6.45) is 0. The quantitative estimate of drug-likeness (QED) is 0.655. The summed E-state index contributed by atoms with van der Waals surface area (Å²) in [7, 11) is -4.20. The van der Waals surface area contributed by atoms with Crippen molar-refractivity contribution in [3.63, 3.8) is 0 Å². The van der Waals surface area contributed by atoms with Crippen LogP contribution in [-0.4, -0.2) is 31.3 Å². The maximum Gasteiger partial charge on any atom is 0.335 e. The molecule has 3 rings (SSSR count). The zero-order valence-corrected chi connectivity index (χ0v) is 13.1. The molecule has 0 atom stereocenters. The van der Waals surface area contributed by atoms with Gasteiger partial charge in [0, 0.05) is 5.69 Å². The van der Waals surface area contributed by atoms with Crippen LogP contribution in [0, 0.1) is 0 Å². The van der Waals surface area contributed by atoms with Crippen LogP contribution in [0.2, 0.25) is 0 Å². The molecule has 2 amide bonds. The van der Waals surface area contributed by atoms with E-state index in [9.17, 15) is 27.9 Å². The molecule has 1 heterocycles. The van der Waals surface area contributed by atoms with E-state index >= 15 is 0 Å². The number of imide groups is 1. The van der Waals surface area contributed by atoms with Gasteiger partial charge in [-0.15, -0.1) is 0 Å². The van der Waals surface area contributed by atoms with Gasteiger partial charge in [0.2, 0.25) is 0 Å². The van der Waals surface area contributed by atoms with Gasteiger partial charge in [-0.3, -0.25) is 19.6 Å². The second-order valence-electron chi connectivity index (χ2n) is 5.11. The molecule has 0 aromatic heterocycles. The number of benzene rings is 2. The number of sulfonamides is 1. The SMILES string of the molecule is O=C(O)c1cc(S(=O)(=O)Nc2ccc3c(c2)C(=O)NC3=O)ccc1[O-]. The van der Waals surface area contributed by atoms with Crippen LogP contribution in [0.1, 0.15) is 31.1 Å². The molecule has 0 saturated heterocycles. The molecule has 1 aliphatic rings. The highest BCUT2D eigenvalue weighted by Crippen LogP contribution is 2.24. The monoisotopic (exact) mass is 361 g/mol. The first-order valence-electron chi connectivity index (χ1n) is 6.76. The van der Waals surface area contributed by atoms with Gasteiger partial charge in [0.05, 0.1) is 21.6 Å². The molecule has 128 valence electrons. The second-order valence-corrected chi connectivity index (χ2v) is 6.79. The van der Waals surface area contributed by atoms with Crippen LogP contribution in [0.5, 0.6) is 5.75 Å². The van der Waals surface area contributed by atoms with Crippen LogP contribution in [0.15, 0.2) is 41.3 Å². The Morgan fingerprint density at radius 1 is 1.04 bits per heavy atom. The number of hydrogen-bond acceptors (Lipinski definition) is 6. The topological polar surface area (TPSA) is 153 Å². The van der Waals surface area contributed by atoms with Gasteiger partial charge in [0.1, 0.15) is 0 Å². The summed E-state index contributed by atoms with van der Waals surface area (Å²) in [5.74, 6) is -3.59. The zero-order valence-electron chi connectivity index (χ0n) is 12.3. The first-order valence-corrected chi connectivity index (χ1v) is 8.24. The van der Waals surface area contributed by atoms with Gasteiger partial charge in [-0.1, -0.05) is 11.8 Å². The van der Waals surface area contributed by atoms with E-state index in [0.717, 1.165) is 18.2 Å². The molecule has 2 aromatic rings. The van der Waals surface area contributed by atoms with E-state index in [1.54, 1.807) is 0 Å². The molecule has 25 heavy (non-hydrogen) atoms. The minimum Gasteiger partial charge on any atom is -0.872 e. The summed E-state index contributed by atoms with van der Waals surface area (Å²) in [5, 5.41) is 22.4. The molecule has 0 spiro atoms. The normalized spacial score (nSPS) is 13.3. The third kappa shape index (κ3) is 2.90. The van der Waals surface area contributed by atoms with Crippen LogP contribution in [0.25, 0.3) is 0 Å². The molecule has 1 aliphatic heterocycles. The number of carbonyl (C=O) groups is 3. The lowest BCUT2D eigenvalue weighted by molar-refractivity contribution is -0.268. The fourth-order valence-corrected chi connectivity index (χ4v) is 3.36. The summed E-state index contributed by atoms with van der Waals surface area (Å²) in [4.78, 5) is 33.6. The Morgan fingerprint density at radius 3 is 2.40 bits per heavy atom. The Balaban J connectivity index is 1.97. The van der Waals surface area contributed by atoms with E-state index in [1.807, 2.05) is 0 Å². The van der Waals surface area contributed by atoms with Gasteiger partial charge in [0.25, 0.3) is 21.8 Å². The third-order valence-electron chi connectivity index (χ3n) is 3.48. The van der Waals surface area contributed by atoms with Crippen LogP contribution in [0.4, 0.5) is 5.69 Å². The third-order valence-corrected chi connectivity index (χ3v) is 4.86. The Bertz CT molecular complexity index is 1040. The number of carboxylic acids is 1. The van der Waals surface area contributed by atoms with Crippen molar-refractivity contribution in [2.24, 2.45) is 0 Å². The summed E-state index contributed by atoms with van der Waals surface area (Å²) in [6.45, 7) is 0. The lowest BCUT2D eigenvalue weighted by Gasteiger charge is -2.13. The van der Waals surface area contributed by atoms with Crippen molar-refractivity contribution in [1.82, 2.24) is 5.32 Å². The standard InChI is InChI=1S/C15H10N2O7S/c18-12-4-2-8(6-11(12)15(21)22)25(23,24)17-7-1-3-9-10(5-7)14(20)16-13(9)19/h1-6,17-18H,(H,21,22)(H,16,19,20)/p-1. The predicted molar refractivity (Wildman–Crippen MR) is 81.9 cm³/mol. The van der Waals surface area contributed by atoms with Crippen molar-refractivity contribution in [2.75, 3.05) is 4.72 Å². The largest absolute Gasteiger partial charge is 0.872 e. The summed E-state index contributed by atoms with van der Waals surface area (Å²) >= 11 is 0. The molecule has 0 fully saturated rings. The number of rotatable bonds is 4. The van der Waals surface area contributed by atoms with E-state index in [0.29, 0.717) is 0 Å². The molecule has 0 aliphatic carbocycles. The van der Waals surface area contributed by atoms with Gasteiger partial charge < -0.3 is 10.2 Å². The van der Waals surface area contributed by atoms with Crippen LogP contribution < -0.4 is 15.1 Å². The summed E-state index contributed by atoms with van der Waals surface area (Å²) in [5.41, 5.74) is -0.531. The first kappa shape index (κ1) is 16.5. The van der Waals surface area contributed by atoms with Gasteiger partial charge >= 0.3 is 5.97 Å². The predicted octanol–water partition coefficient (Wildman–Crippen LogP) is 0.143. The molecule has 0 saturated carbocycles. The molecule has 0 bridgehead atoms. The number of amides is 2. The Labute approximate surface area is 141 Å². The lowest BCUT2D eigenvalue weighted by atomic mass is 10.1. The van der Waals surface area contributed by atoms with E-state index in [-0.39, 0.29) is 16.8 Å². The van der Waals surface area contributed by atoms with Crippen LogP contribution >= 0.6 is 0 Å². The Hall–Kier alpha value is -3.40. The first-order chi connectivity index (χ1) is 11.7. The van der Waals surface area contributed by atoms with E-state index in [1.165, 1.54) is 18.2 Å². The van der Waals surface area contributed by atoms with E-state index in [2.05, 4.69) is 10.0 Å². The molecule has 9 nitrogen and oxygen atoms in total. The number of anilines is 1. The molecular weight excluding hydrogens is 352 g/mol. The molecule has 10 heteroatoms. The van der Waals surface area contributed by atoms with Crippen molar-refractivity contribution in [1.29, 1.82) is 0 Å². The lowest BCUT2D eigenvalue weighted by Crippen LogP contribution is -2.19. The average Bonchev–Trinajstić information content (AvgIpc) is 2.81. The smallest absolute Gasteiger partial charge is 0.335 e. The second kappa shape index (κ2) is 5.60. The van der Waals surface area contributed by atoms with Crippen molar-refractivity contribution in [2.45, 2.75) is 4.90 Å². The number of nitrogens with one attached hydrogen (secondary N) is 2. The van der Waals surface area contributed by atoms with Crippen molar-refractivity contribution in [3.05, 3.63) is 53.1 Å². The highest BCUT2D eigenvalue weighted by molar-refractivity contribution is 7.92. The number of aromatic carboxylic acids is 1. The number of carboxylic acid groups (broad SMARTS) is 1. The summed E-state index contributed by atoms with van der Waals surface area (Å²) in [6, 6.07) is 6.32. The number of carbonyl (C=O) groups excluding carboxylic acids is 2. The van der Waals surface area contributed by atoms with Gasteiger partial charge in [-0.25, -0.2) is 13.2 Å². The van der Waals surface area contributed by atoms with Gasteiger partial charge in [0.15, 0.2) is 0 Å². The maximum atomic E-state index is 12.4. The number of fused-ring (bicyclic) bond motifs is 1. The highest BCUT2D eigenvalue weighted by Gasteiger charge is 2.27. The van der Waals surface area contributed by atoms with Gasteiger partial charge in [-0.05, 0) is 30.3 Å². The molecule has 3 N–H and O–H groups in total. The van der Waals surface area contributed by atoms with Crippen molar-refractivity contribution >= 4 is 33.5 Å². The highest BCUT2D eigenvalue weighted by atomic mass is 32.2. The average molecular weight is 361 g/mol. The fourth-order valence-electron chi connectivity index (χ4n) is 2.29. The van der Waals surface area contributed by atoms with Crippen LogP contribution in [-0.2, 0) is 10.0 Å². The Morgan fingerprint density at radius 2 is 1.72 bits per heavy atom. The zero-order chi connectivity index (χ0) is 18.4.